The topological polar surface area (TPSA) is 117 Å². The van der Waals surface area contributed by atoms with Crippen LogP contribution in [-0.4, -0.2) is 56.4 Å². The van der Waals surface area contributed by atoms with E-state index in [4.69, 9.17) is 5.73 Å². The van der Waals surface area contributed by atoms with E-state index in [1.165, 1.54) is 6.07 Å². The molecule has 8 nitrogen and oxygen atoms in total. The Balaban J connectivity index is 1.27. The van der Waals surface area contributed by atoms with E-state index in [2.05, 4.69) is 19.7 Å². The van der Waals surface area contributed by atoms with E-state index < -0.39 is 12.1 Å². The summed E-state index contributed by atoms with van der Waals surface area (Å²) >= 11 is 0. The normalized spacial score (nSPS) is 21.5. The van der Waals surface area contributed by atoms with Crippen molar-refractivity contribution >= 4 is 22.8 Å². The highest BCUT2D eigenvalue weighted by Crippen LogP contribution is 2.38. The Kier molecular flexibility index (Phi) is 5.59. The van der Waals surface area contributed by atoms with Crippen LogP contribution in [0.5, 0.6) is 5.75 Å². The van der Waals surface area contributed by atoms with Crippen LogP contribution >= 0.6 is 0 Å². The zero-order chi connectivity index (χ0) is 24.0. The van der Waals surface area contributed by atoms with Gasteiger partial charge in [-0.2, -0.15) is 0 Å². The fourth-order valence-electron chi connectivity index (χ4n) is 4.79. The number of nitrogens with one attached hydrogen (secondary N) is 1. The predicted octanol–water partition coefficient (Wildman–Crippen LogP) is 3.70. The van der Waals surface area contributed by atoms with E-state index >= 15 is 0 Å². The Morgan fingerprint density at radius 1 is 1.18 bits per heavy atom. The van der Waals surface area contributed by atoms with Gasteiger partial charge in [-0.05, 0) is 55.4 Å². The van der Waals surface area contributed by atoms with Gasteiger partial charge in [-0.3, -0.25) is 4.79 Å². The van der Waals surface area contributed by atoms with Crippen LogP contribution in [0.15, 0.2) is 30.5 Å². The average molecular weight is 475 g/mol. The number of likely N-dealkylation sites (tertiary alicyclic amines) is 1. The molecular formula is C23H24F3N5O3. The lowest BCUT2D eigenvalue weighted by Crippen LogP contribution is -2.38. The minimum absolute atomic E-state index is 0.0594. The third kappa shape index (κ3) is 4.39. The first-order valence-electron chi connectivity index (χ1n) is 11.1. The van der Waals surface area contributed by atoms with Crippen molar-refractivity contribution in [3.8, 4) is 5.75 Å². The number of anilines is 1. The Bertz CT molecular complexity index is 1210. The molecule has 0 spiro atoms. The highest BCUT2D eigenvalue weighted by atomic mass is 19.4. The molecule has 1 amide bonds. The van der Waals surface area contributed by atoms with Crippen LogP contribution in [0.2, 0.25) is 0 Å². The Labute approximate surface area is 192 Å². The third-order valence-corrected chi connectivity index (χ3v) is 6.65. The number of aliphatic hydroxyl groups excluding tert-OH is 1. The first kappa shape index (κ1) is 22.5. The first-order valence-corrected chi connectivity index (χ1v) is 11.1. The number of halogens is 3. The molecule has 1 saturated carbocycles. The van der Waals surface area contributed by atoms with E-state index in [1.54, 1.807) is 11.1 Å². The molecule has 0 radical (unpaired) electrons. The van der Waals surface area contributed by atoms with Gasteiger partial charge in [0.05, 0.1) is 17.2 Å². The summed E-state index contributed by atoms with van der Waals surface area (Å²) < 4.78 is 41.1. The van der Waals surface area contributed by atoms with Gasteiger partial charge >= 0.3 is 6.36 Å². The number of carbonyl (C=O) groups excluding carboxylic acids is 1. The second kappa shape index (κ2) is 8.46. The van der Waals surface area contributed by atoms with Crippen molar-refractivity contribution in [1.29, 1.82) is 0 Å². The van der Waals surface area contributed by atoms with Gasteiger partial charge in [-0.1, -0.05) is 0 Å². The lowest BCUT2D eigenvalue weighted by Gasteiger charge is -2.32. The number of benzene rings is 1. The zero-order valence-corrected chi connectivity index (χ0v) is 18.2. The van der Waals surface area contributed by atoms with Gasteiger partial charge in [-0.15, -0.1) is 13.2 Å². The van der Waals surface area contributed by atoms with Crippen molar-refractivity contribution in [2.75, 3.05) is 18.8 Å². The lowest BCUT2D eigenvalue weighted by atomic mass is 9.82. The Morgan fingerprint density at radius 3 is 2.56 bits per heavy atom. The van der Waals surface area contributed by atoms with Crippen LogP contribution in [0, 0.1) is 0 Å². The monoisotopic (exact) mass is 475 g/mol. The van der Waals surface area contributed by atoms with Crippen LogP contribution < -0.4 is 10.5 Å². The lowest BCUT2D eigenvalue weighted by molar-refractivity contribution is -0.274. The van der Waals surface area contributed by atoms with E-state index in [0.29, 0.717) is 31.6 Å². The molecule has 5 rings (SSSR count). The minimum atomic E-state index is -4.83. The summed E-state index contributed by atoms with van der Waals surface area (Å²) in [7, 11) is 0. The van der Waals surface area contributed by atoms with Gasteiger partial charge in [0.15, 0.2) is 5.65 Å². The predicted molar refractivity (Wildman–Crippen MR) is 117 cm³/mol. The summed E-state index contributed by atoms with van der Waals surface area (Å²) in [5.41, 5.74) is 8.60. The van der Waals surface area contributed by atoms with Crippen LogP contribution in [0.25, 0.3) is 11.2 Å². The molecule has 2 aromatic heterocycles. The van der Waals surface area contributed by atoms with Crippen molar-refractivity contribution in [3.63, 3.8) is 0 Å². The number of hydrogen-bond donors (Lipinski definition) is 3. The van der Waals surface area contributed by atoms with Gasteiger partial charge in [0.25, 0.3) is 5.91 Å². The number of H-pyrrole nitrogens is 1. The van der Waals surface area contributed by atoms with Crippen LogP contribution in [0.1, 0.15) is 59.3 Å². The number of alkyl halides is 3. The molecular weight excluding hydrogens is 451 g/mol. The van der Waals surface area contributed by atoms with Gasteiger partial charge in [0.2, 0.25) is 0 Å². The quantitative estimate of drug-likeness (QED) is 0.496. The highest BCUT2D eigenvalue weighted by molar-refractivity contribution is 5.99. The molecule has 180 valence electrons. The number of pyridine rings is 1. The zero-order valence-electron chi connectivity index (χ0n) is 18.2. The number of hydrogen-bond acceptors (Lipinski definition) is 6. The van der Waals surface area contributed by atoms with Gasteiger partial charge in [-0.25, -0.2) is 9.97 Å². The number of carbonyl (C=O) groups is 1. The first-order chi connectivity index (χ1) is 16.2. The summed E-state index contributed by atoms with van der Waals surface area (Å²) in [5, 5.41) is 9.59. The van der Waals surface area contributed by atoms with Gasteiger partial charge < -0.3 is 25.5 Å². The number of nitrogens with zero attached hydrogens (tertiary/aromatic N) is 3. The van der Waals surface area contributed by atoms with E-state index in [1.807, 2.05) is 6.07 Å². The largest absolute Gasteiger partial charge is 0.573 e. The van der Waals surface area contributed by atoms with E-state index in [9.17, 15) is 23.1 Å². The molecule has 2 fully saturated rings. The summed E-state index contributed by atoms with van der Waals surface area (Å²) in [6, 6.07) is 5.34. The number of fused-ring (bicyclic) bond motifs is 1. The number of piperidine rings is 1. The van der Waals surface area contributed by atoms with Crippen LogP contribution in [0.4, 0.5) is 18.9 Å². The number of imidazole rings is 1. The van der Waals surface area contributed by atoms with Crippen molar-refractivity contribution in [1.82, 2.24) is 19.9 Å². The van der Waals surface area contributed by atoms with Crippen molar-refractivity contribution < 1.29 is 27.8 Å². The fourth-order valence-corrected chi connectivity index (χ4v) is 4.79. The average Bonchev–Trinajstić information content (AvgIpc) is 3.19. The number of ether oxygens (including phenoxy) is 1. The molecule has 2 aliphatic rings. The van der Waals surface area contributed by atoms with Crippen molar-refractivity contribution in [2.24, 2.45) is 0 Å². The maximum atomic E-state index is 13.0. The van der Waals surface area contributed by atoms with E-state index in [0.717, 1.165) is 41.9 Å². The minimum Gasteiger partial charge on any atom is -0.406 e. The molecule has 1 aromatic carbocycles. The summed E-state index contributed by atoms with van der Waals surface area (Å²) in [5.74, 6) is 0.491. The second-order valence-electron chi connectivity index (χ2n) is 8.91. The second-order valence-corrected chi connectivity index (χ2v) is 8.91. The molecule has 34 heavy (non-hydrogen) atoms. The van der Waals surface area contributed by atoms with Crippen molar-refractivity contribution in [3.05, 3.63) is 47.4 Å². The molecule has 0 unspecified atom stereocenters. The fraction of sp³-hybridized carbons (Fsp3) is 0.435. The summed E-state index contributed by atoms with van der Waals surface area (Å²) in [4.78, 5) is 27.0. The maximum Gasteiger partial charge on any atom is 0.573 e. The molecule has 1 aliphatic heterocycles. The van der Waals surface area contributed by atoms with Crippen LogP contribution in [0.3, 0.4) is 0 Å². The maximum absolute atomic E-state index is 13.0. The summed E-state index contributed by atoms with van der Waals surface area (Å²) in [6.07, 6.45) is -0.528. The van der Waals surface area contributed by atoms with E-state index in [-0.39, 0.29) is 35.1 Å². The number of amides is 1. The number of aliphatic hydroxyl groups is 1. The number of nitrogen functional groups attached to an aromatic ring is 1. The number of nitrogens with two attached hydrogens (primary N) is 1. The Hall–Kier alpha value is -3.34. The third-order valence-electron chi connectivity index (χ3n) is 6.65. The number of aromatic nitrogens is 3. The Morgan fingerprint density at radius 2 is 1.91 bits per heavy atom. The highest BCUT2D eigenvalue weighted by Gasteiger charge is 2.33. The van der Waals surface area contributed by atoms with Gasteiger partial charge in [0, 0.05) is 37.0 Å². The molecule has 0 bridgehead atoms. The molecule has 1 aliphatic carbocycles. The smallest absolute Gasteiger partial charge is 0.406 e. The molecule has 1 saturated heterocycles. The molecule has 4 N–H and O–H groups in total. The molecule has 11 heteroatoms. The van der Waals surface area contributed by atoms with Gasteiger partial charge in [0.1, 0.15) is 11.6 Å². The number of rotatable bonds is 4. The molecule has 3 heterocycles. The van der Waals surface area contributed by atoms with Crippen molar-refractivity contribution in [2.45, 2.75) is 50.0 Å². The molecule has 0 atom stereocenters. The summed E-state index contributed by atoms with van der Waals surface area (Å²) in [6.45, 7) is 0.979. The molecule has 3 aromatic rings. The van der Waals surface area contributed by atoms with Crippen LogP contribution in [-0.2, 0) is 0 Å². The number of aromatic amines is 1. The SMILES string of the molecule is Nc1cc(OC(F)(F)F)ccc1C(=O)N1CCC(c2ccnc3nc(C4CC(O)C4)[nH]c23)CC1. The standard InChI is InChI=1S/C23H24F3N5O3/c24-23(25,26)34-15-1-2-17(18(27)11-15)22(33)31-7-4-12(5-8-31)16-3-6-28-21-19(16)29-20(30-21)13-9-14(32)10-13/h1-3,6,11-14,32H,4-5,7-10,27H2,(H,28,29,30).